The normalized spacial score (nSPS) is 20.5. The summed E-state index contributed by atoms with van der Waals surface area (Å²) in [4.78, 5) is 0. The lowest BCUT2D eigenvalue weighted by Gasteiger charge is -2.31. The Hall–Kier alpha value is -0.960. The molecule has 2 rings (SSSR count). The molecule has 1 aliphatic rings. The smallest absolute Gasteiger partial charge is 0.130 e. The van der Waals surface area contributed by atoms with Crippen LogP contribution < -0.4 is 5.73 Å². The van der Waals surface area contributed by atoms with Crippen molar-refractivity contribution in [3.63, 3.8) is 0 Å². The summed E-state index contributed by atoms with van der Waals surface area (Å²) >= 11 is 0. The van der Waals surface area contributed by atoms with Gasteiger partial charge in [-0.15, -0.1) is 0 Å². The van der Waals surface area contributed by atoms with Crippen molar-refractivity contribution in [1.29, 1.82) is 0 Å². The maximum Gasteiger partial charge on any atom is 0.130 e. The average molecular weight is 239 g/mol. The van der Waals surface area contributed by atoms with Gasteiger partial charge in [0, 0.05) is 17.7 Å². The third-order valence-electron chi connectivity index (χ3n) is 4.11. The minimum absolute atomic E-state index is 0.0505. The third-order valence-corrected chi connectivity index (χ3v) is 4.11. The molecule has 94 valence electrons. The molecule has 1 aromatic carbocycles. The first-order valence-electron chi connectivity index (χ1n) is 6.15. The van der Waals surface area contributed by atoms with Crippen LogP contribution in [0.25, 0.3) is 0 Å². The number of nitrogens with two attached hydrogens (primary N) is 1. The van der Waals surface area contributed by atoms with Gasteiger partial charge in [0.25, 0.3) is 0 Å². The highest BCUT2D eigenvalue weighted by Gasteiger charge is 2.36. The van der Waals surface area contributed by atoms with Gasteiger partial charge >= 0.3 is 0 Å². The molecule has 1 saturated carbocycles. The minimum atomic E-state index is -0.520. The Morgan fingerprint density at radius 3 is 2.35 bits per heavy atom. The van der Waals surface area contributed by atoms with E-state index >= 15 is 0 Å². The van der Waals surface area contributed by atoms with Crippen LogP contribution in [0, 0.1) is 24.0 Å². The molecular weight excluding hydrogens is 220 g/mol. The monoisotopic (exact) mass is 239 g/mol. The lowest BCUT2D eigenvalue weighted by atomic mass is 9.77. The maximum absolute atomic E-state index is 13.8. The highest BCUT2D eigenvalue weighted by molar-refractivity contribution is 5.29. The van der Waals surface area contributed by atoms with Crippen LogP contribution in [0.3, 0.4) is 0 Å². The molecule has 0 radical (unpaired) electrons. The molecule has 0 heterocycles. The quantitative estimate of drug-likeness (QED) is 0.833. The molecule has 3 heteroatoms. The molecule has 1 nitrogen and oxygen atoms in total. The number of halogens is 2. The minimum Gasteiger partial charge on any atom is -0.323 e. The van der Waals surface area contributed by atoms with E-state index in [0.29, 0.717) is 11.1 Å². The van der Waals surface area contributed by atoms with Crippen molar-refractivity contribution in [2.24, 2.45) is 11.1 Å². The summed E-state index contributed by atoms with van der Waals surface area (Å²) < 4.78 is 27.0. The molecule has 1 atom stereocenters. The van der Waals surface area contributed by atoms with Crippen LogP contribution in [0.5, 0.6) is 0 Å². The Kier molecular flexibility index (Phi) is 3.21. The van der Waals surface area contributed by atoms with Crippen molar-refractivity contribution in [2.45, 2.75) is 45.6 Å². The summed E-state index contributed by atoms with van der Waals surface area (Å²) in [6.45, 7) is 3.74. The van der Waals surface area contributed by atoms with Crippen LogP contribution in [0.2, 0.25) is 0 Å². The van der Waals surface area contributed by atoms with E-state index in [4.69, 9.17) is 5.73 Å². The first kappa shape index (κ1) is 12.5. The molecule has 1 fully saturated rings. The van der Waals surface area contributed by atoms with Crippen LogP contribution in [-0.4, -0.2) is 0 Å². The van der Waals surface area contributed by atoms with Gasteiger partial charge in [-0.1, -0.05) is 19.8 Å². The van der Waals surface area contributed by atoms with Gasteiger partial charge in [0.15, 0.2) is 0 Å². The van der Waals surface area contributed by atoms with Crippen molar-refractivity contribution < 1.29 is 8.78 Å². The molecule has 0 aromatic heterocycles. The Morgan fingerprint density at radius 1 is 1.18 bits per heavy atom. The molecule has 0 bridgehead atoms. The molecular formula is C14H19F2N. The summed E-state index contributed by atoms with van der Waals surface area (Å²) in [5.41, 5.74) is 7.05. The van der Waals surface area contributed by atoms with Gasteiger partial charge in [0.1, 0.15) is 11.6 Å². The zero-order valence-corrected chi connectivity index (χ0v) is 10.4. The van der Waals surface area contributed by atoms with Gasteiger partial charge < -0.3 is 5.73 Å². The van der Waals surface area contributed by atoms with E-state index in [9.17, 15) is 8.78 Å². The SMILES string of the molecule is Cc1cc(C(N)C2(C)CCCC2)c(F)cc1F. The van der Waals surface area contributed by atoms with Crippen molar-refractivity contribution in [3.8, 4) is 0 Å². The van der Waals surface area contributed by atoms with Gasteiger partial charge in [0.05, 0.1) is 0 Å². The van der Waals surface area contributed by atoms with Crippen molar-refractivity contribution in [3.05, 3.63) is 34.9 Å². The van der Waals surface area contributed by atoms with E-state index in [-0.39, 0.29) is 11.5 Å². The Balaban J connectivity index is 2.36. The fourth-order valence-corrected chi connectivity index (χ4v) is 2.79. The highest BCUT2D eigenvalue weighted by atomic mass is 19.1. The largest absolute Gasteiger partial charge is 0.323 e. The van der Waals surface area contributed by atoms with Gasteiger partial charge in [-0.3, -0.25) is 0 Å². The first-order chi connectivity index (χ1) is 7.94. The number of rotatable bonds is 2. The van der Waals surface area contributed by atoms with E-state index < -0.39 is 11.6 Å². The molecule has 0 spiro atoms. The average Bonchev–Trinajstić information content (AvgIpc) is 2.71. The molecule has 1 unspecified atom stereocenters. The zero-order valence-electron chi connectivity index (χ0n) is 10.4. The van der Waals surface area contributed by atoms with Crippen molar-refractivity contribution in [2.75, 3.05) is 0 Å². The number of hydrogen-bond acceptors (Lipinski definition) is 1. The second kappa shape index (κ2) is 4.37. The molecule has 17 heavy (non-hydrogen) atoms. The lowest BCUT2D eigenvalue weighted by molar-refractivity contribution is 0.260. The molecule has 2 N–H and O–H groups in total. The van der Waals surface area contributed by atoms with Gasteiger partial charge in [0.2, 0.25) is 0 Å². The van der Waals surface area contributed by atoms with Crippen LogP contribution in [0.1, 0.15) is 49.8 Å². The lowest BCUT2D eigenvalue weighted by Crippen LogP contribution is -2.30. The molecule has 0 amide bonds. The summed E-state index contributed by atoms with van der Waals surface area (Å²) in [6, 6.07) is 2.16. The summed E-state index contributed by atoms with van der Waals surface area (Å²) in [7, 11) is 0. The third kappa shape index (κ3) is 2.21. The first-order valence-corrected chi connectivity index (χ1v) is 6.15. The summed E-state index contributed by atoms with van der Waals surface area (Å²) in [6.07, 6.45) is 4.33. The number of hydrogen-bond donors (Lipinski definition) is 1. The summed E-state index contributed by atoms with van der Waals surface area (Å²) in [5, 5.41) is 0. The molecule has 1 aromatic rings. The van der Waals surface area contributed by atoms with Crippen molar-refractivity contribution >= 4 is 0 Å². The van der Waals surface area contributed by atoms with Crippen molar-refractivity contribution in [1.82, 2.24) is 0 Å². The van der Waals surface area contributed by atoms with E-state index in [1.807, 2.05) is 0 Å². The topological polar surface area (TPSA) is 26.0 Å². The van der Waals surface area contributed by atoms with E-state index in [0.717, 1.165) is 31.7 Å². The second-order valence-corrected chi connectivity index (χ2v) is 5.46. The number of benzene rings is 1. The second-order valence-electron chi connectivity index (χ2n) is 5.46. The number of aryl methyl sites for hydroxylation is 1. The van der Waals surface area contributed by atoms with Gasteiger partial charge in [-0.2, -0.15) is 0 Å². The molecule has 0 aliphatic heterocycles. The van der Waals surface area contributed by atoms with E-state index in [1.165, 1.54) is 0 Å². The molecule has 1 aliphatic carbocycles. The van der Waals surface area contributed by atoms with Gasteiger partial charge in [-0.25, -0.2) is 8.78 Å². The van der Waals surface area contributed by atoms with Crippen LogP contribution in [0.15, 0.2) is 12.1 Å². The Labute approximate surface area is 101 Å². The molecule has 0 saturated heterocycles. The standard InChI is InChI=1S/C14H19F2N/c1-9-7-10(12(16)8-11(9)15)13(17)14(2)5-3-4-6-14/h7-8,13H,3-6,17H2,1-2H3. The summed E-state index contributed by atoms with van der Waals surface area (Å²) in [5.74, 6) is -1.02. The van der Waals surface area contributed by atoms with Crippen LogP contribution >= 0.6 is 0 Å². The zero-order chi connectivity index (χ0) is 12.6. The van der Waals surface area contributed by atoms with Crippen LogP contribution in [0.4, 0.5) is 8.78 Å². The fourth-order valence-electron chi connectivity index (χ4n) is 2.79. The fraction of sp³-hybridized carbons (Fsp3) is 0.571. The highest BCUT2D eigenvalue weighted by Crippen LogP contribution is 2.46. The Bertz CT molecular complexity index is 422. The Morgan fingerprint density at radius 2 is 1.76 bits per heavy atom. The maximum atomic E-state index is 13.8. The van der Waals surface area contributed by atoms with E-state index in [1.54, 1.807) is 13.0 Å². The van der Waals surface area contributed by atoms with Gasteiger partial charge in [-0.05, 0) is 36.8 Å². The predicted molar refractivity (Wildman–Crippen MR) is 64.6 cm³/mol. The van der Waals surface area contributed by atoms with Crippen LogP contribution in [-0.2, 0) is 0 Å². The van der Waals surface area contributed by atoms with E-state index in [2.05, 4.69) is 6.92 Å². The predicted octanol–water partition coefficient (Wildman–Crippen LogP) is 3.85.